The van der Waals surface area contributed by atoms with Gasteiger partial charge in [-0.25, -0.2) is 0 Å². The monoisotopic (exact) mass is 313 g/mol. The van der Waals surface area contributed by atoms with Gasteiger partial charge < -0.3 is 10.2 Å². The van der Waals surface area contributed by atoms with Crippen LogP contribution in [-0.2, 0) is 0 Å². The van der Waals surface area contributed by atoms with Crippen molar-refractivity contribution in [3.8, 4) is 0 Å². The minimum Gasteiger partial charge on any atom is -0.390 e. The van der Waals surface area contributed by atoms with Gasteiger partial charge in [0.05, 0.1) is 0 Å². The average molecular weight is 313 g/mol. The average Bonchev–Trinajstić information content (AvgIpc) is 2.49. The highest BCUT2D eigenvalue weighted by atomic mass is 15.2. The first-order chi connectivity index (χ1) is 10.9. The number of nitrogens with one attached hydrogen (secondary N) is 2. The second-order valence-electron chi connectivity index (χ2n) is 6.94. The van der Waals surface area contributed by atoms with Crippen LogP contribution in [0.2, 0.25) is 0 Å². The van der Waals surface area contributed by atoms with E-state index in [9.17, 15) is 0 Å². The number of rotatable bonds is 5. The highest BCUT2D eigenvalue weighted by Gasteiger charge is 2.23. The molecular formula is C20H31N3. The first-order valence-electron chi connectivity index (χ1n) is 8.80. The lowest BCUT2D eigenvalue weighted by Crippen LogP contribution is -2.38. The molecule has 0 aliphatic carbocycles. The normalized spacial score (nSPS) is 18.4. The van der Waals surface area contributed by atoms with Crippen LogP contribution in [0, 0.1) is 32.1 Å². The molecule has 0 aromatic heterocycles. The zero-order valence-electron chi connectivity index (χ0n) is 15.3. The Morgan fingerprint density at radius 1 is 1.26 bits per heavy atom. The Morgan fingerprint density at radius 3 is 2.52 bits per heavy atom. The summed E-state index contributed by atoms with van der Waals surface area (Å²) in [6, 6.07) is 4.43. The Bertz CT molecular complexity index is 578. The Kier molecular flexibility index (Phi) is 5.86. The molecule has 0 amide bonds. The molecule has 2 rings (SSSR count). The number of hydrogen-bond acceptors (Lipinski definition) is 2. The van der Waals surface area contributed by atoms with Crippen molar-refractivity contribution < 1.29 is 0 Å². The predicted molar refractivity (Wildman–Crippen MR) is 101 cm³/mol. The number of piperidine rings is 1. The fourth-order valence-corrected chi connectivity index (χ4v) is 3.32. The molecule has 1 aliphatic rings. The van der Waals surface area contributed by atoms with E-state index in [1.807, 2.05) is 0 Å². The minimum atomic E-state index is 0.656. The maximum absolute atomic E-state index is 8.64. The third-order valence-electron chi connectivity index (χ3n) is 4.75. The van der Waals surface area contributed by atoms with Crippen LogP contribution in [0.3, 0.4) is 0 Å². The Hall–Kier alpha value is -1.77. The van der Waals surface area contributed by atoms with Gasteiger partial charge in [0.15, 0.2) is 0 Å². The molecular weight excluding hydrogens is 282 g/mol. The molecule has 126 valence electrons. The fraction of sp³-hybridized carbons (Fsp3) is 0.550. The fourth-order valence-electron chi connectivity index (χ4n) is 3.32. The van der Waals surface area contributed by atoms with Crippen molar-refractivity contribution in [1.29, 1.82) is 5.41 Å². The maximum atomic E-state index is 8.64. The second-order valence-corrected chi connectivity index (χ2v) is 6.94. The molecule has 1 unspecified atom stereocenters. The zero-order chi connectivity index (χ0) is 17.0. The van der Waals surface area contributed by atoms with Crippen LogP contribution in [0.1, 0.15) is 49.8 Å². The number of hydrogen-bond donors (Lipinski definition) is 2. The van der Waals surface area contributed by atoms with Crippen molar-refractivity contribution in [3.63, 3.8) is 0 Å². The summed E-state index contributed by atoms with van der Waals surface area (Å²) in [5, 5.41) is 12.1. The van der Waals surface area contributed by atoms with Crippen LogP contribution in [0.15, 0.2) is 23.9 Å². The second kappa shape index (κ2) is 7.67. The van der Waals surface area contributed by atoms with Crippen molar-refractivity contribution in [3.05, 3.63) is 40.6 Å². The number of amidine groups is 1. The van der Waals surface area contributed by atoms with E-state index in [2.05, 4.69) is 63.2 Å². The smallest absolute Gasteiger partial charge is 0.129 e. The van der Waals surface area contributed by atoms with E-state index >= 15 is 0 Å². The van der Waals surface area contributed by atoms with Crippen molar-refractivity contribution in [1.82, 2.24) is 5.32 Å². The number of nitrogens with zero attached hydrogens (tertiary/aromatic N) is 1. The van der Waals surface area contributed by atoms with Gasteiger partial charge in [0.2, 0.25) is 0 Å². The van der Waals surface area contributed by atoms with E-state index in [0.717, 1.165) is 31.5 Å². The van der Waals surface area contributed by atoms with Gasteiger partial charge in [0.1, 0.15) is 5.84 Å². The van der Waals surface area contributed by atoms with E-state index < -0.39 is 0 Å². The predicted octanol–water partition coefficient (Wildman–Crippen LogP) is 4.71. The topological polar surface area (TPSA) is 39.1 Å². The molecule has 1 aliphatic heterocycles. The van der Waals surface area contributed by atoms with Gasteiger partial charge in [0.25, 0.3) is 0 Å². The first-order valence-corrected chi connectivity index (χ1v) is 8.80. The first kappa shape index (κ1) is 17.6. The molecule has 1 atom stereocenters. The molecule has 0 saturated carbocycles. The zero-order valence-corrected chi connectivity index (χ0v) is 15.3. The van der Waals surface area contributed by atoms with E-state index in [-0.39, 0.29) is 0 Å². The van der Waals surface area contributed by atoms with Crippen LogP contribution in [0.25, 0.3) is 0 Å². The van der Waals surface area contributed by atoms with E-state index in [0.29, 0.717) is 11.8 Å². The van der Waals surface area contributed by atoms with Gasteiger partial charge in [-0.15, -0.1) is 0 Å². The highest BCUT2D eigenvalue weighted by molar-refractivity contribution is 6.09. The van der Waals surface area contributed by atoms with Gasteiger partial charge in [-0.1, -0.05) is 38.0 Å². The maximum Gasteiger partial charge on any atom is 0.129 e. The molecule has 3 heteroatoms. The lowest BCUT2D eigenvalue weighted by molar-refractivity contribution is 0.538. The Balaban J connectivity index is 2.19. The molecule has 3 nitrogen and oxygen atoms in total. The van der Waals surface area contributed by atoms with Crippen molar-refractivity contribution in [2.24, 2.45) is 5.92 Å². The molecule has 1 fully saturated rings. The third kappa shape index (κ3) is 4.15. The molecule has 2 N–H and O–H groups in total. The third-order valence-corrected chi connectivity index (χ3v) is 4.75. The van der Waals surface area contributed by atoms with Crippen LogP contribution in [0.4, 0.5) is 5.69 Å². The van der Waals surface area contributed by atoms with Crippen LogP contribution < -0.4 is 10.2 Å². The molecule has 0 bridgehead atoms. The van der Waals surface area contributed by atoms with Gasteiger partial charge in [-0.3, -0.25) is 5.41 Å². The number of anilines is 1. The van der Waals surface area contributed by atoms with Gasteiger partial charge >= 0.3 is 0 Å². The Labute approximate surface area is 141 Å². The molecule has 0 spiro atoms. The Morgan fingerprint density at radius 2 is 1.91 bits per heavy atom. The van der Waals surface area contributed by atoms with Crippen molar-refractivity contribution in [2.45, 2.75) is 53.9 Å². The standard InChI is InChI=1S/C20H31N3/c1-6-14(2)12-22-13-18-8-7-9-23(20(18)21)19-16(4)10-15(3)11-17(19)5/h10-11,13-14,21-22H,6-9,12H2,1-5H3/b18-13+,21-20?. The molecule has 1 heterocycles. The molecule has 1 saturated heterocycles. The number of benzene rings is 1. The lowest BCUT2D eigenvalue weighted by Gasteiger charge is -2.33. The van der Waals surface area contributed by atoms with E-state index in [1.54, 1.807) is 0 Å². The molecule has 1 aromatic rings. The van der Waals surface area contributed by atoms with Crippen molar-refractivity contribution in [2.75, 3.05) is 18.0 Å². The molecule has 23 heavy (non-hydrogen) atoms. The summed E-state index contributed by atoms with van der Waals surface area (Å²) in [4.78, 5) is 2.18. The number of aryl methyl sites for hydroxylation is 3. The largest absolute Gasteiger partial charge is 0.390 e. The molecule has 0 radical (unpaired) electrons. The summed E-state index contributed by atoms with van der Waals surface area (Å²) in [6.07, 6.45) is 5.35. The summed E-state index contributed by atoms with van der Waals surface area (Å²) in [7, 11) is 0. The van der Waals surface area contributed by atoms with Gasteiger partial charge in [0, 0.05) is 30.5 Å². The minimum absolute atomic E-state index is 0.656. The van der Waals surface area contributed by atoms with Crippen LogP contribution >= 0.6 is 0 Å². The van der Waals surface area contributed by atoms with E-state index in [1.165, 1.54) is 28.8 Å². The van der Waals surface area contributed by atoms with Gasteiger partial charge in [-0.05, 0) is 50.7 Å². The quantitative estimate of drug-likeness (QED) is 0.826. The SMILES string of the molecule is CCC(C)CN/C=C1\CCCN(c2c(C)cc(C)cc2C)C1=N. The molecule has 1 aromatic carbocycles. The lowest BCUT2D eigenvalue weighted by atomic mass is 9.98. The van der Waals surface area contributed by atoms with Crippen LogP contribution in [0.5, 0.6) is 0 Å². The van der Waals surface area contributed by atoms with Gasteiger partial charge in [-0.2, -0.15) is 0 Å². The summed E-state index contributed by atoms with van der Waals surface area (Å²) in [6.45, 7) is 12.8. The van der Waals surface area contributed by atoms with E-state index in [4.69, 9.17) is 5.41 Å². The summed E-state index contributed by atoms with van der Waals surface area (Å²) >= 11 is 0. The highest BCUT2D eigenvalue weighted by Crippen LogP contribution is 2.30. The summed E-state index contributed by atoms with van der Waals surface area (Å²) in [5.41, 5.74) is 6.16. The summed E-state index contributed by atoms with van der Waals surface area (Å²) in [5.74, 6) is 1.32. The van der Waals surface area contributed by atoms with Crippen molar-refractivity contribution >= 4 is 11.5 Å². The van der Waals surface area contributed by atoms with Crippen LogP contribution in [-0.4, -0.2) is 18.9 Å². The summed E-state index contributed by atoms with van der Waals surface area (Å²) < 4.78 is 0.